The topological polar surface area (TPSA) is 35.9 Å². The van der Waals surface area contributed by atoms with Crippen LogP contribution in [0.1, 0.15) is 12.5 Å². The van der Waals surface area contributed by atoms with Gasteiger partial charge in [-0.15, -0.1) is 0 Å². The van der Waals surface area contributed by atoms with Crippen LogP contribution in [0.3, 0.4) is 0 Å². The van der Waals surface area contributed by atoms with Gasteiger partial charge in [-0.1, -0.05) is 42.1 Å². The van der Waals surface area contributed by atoms with Gasteiger partial charge in [0, 0.05) is 47.7 Å². The van der Waals surface area contributed by atoms with Gasteiger partial charge in [0.25, 0.3) is 0 Å². The molecule has 0 radical (unpaired) electrons. The third-order valence-corrected chi connectivity index (χ3v) is 5.71. The summed E-state index contributed by atoms with van der Waals surface area (Å²) in [7, 11) is 0. The van der Waals surface area contributed by atoms with Gasteiger partial charge < -0.3 is 9.80 Å². The molecule has 1 fully saturated rings. The van der Waals surface area contributed by atoms with Gasteiger partial charge in [0.05, 0.1) is 5.69 Å². The van der Waals surface area contributed by atoms with E-state index in [1.54, 1.807) is 24.8 Å². The Labute approximate surface area is 158 Å². The lowest BCUT2D eigenvalue weighted by molar-refractivity contribution is -0.112. The van der Waals surface area contributed by atoms with Crippen LogP contribution in [0.4, 0.5) is 5.69 Å². The zero-order valence-corrected chi connectivity index (χ0v) is 15.6. The van der Waals surface area contributed by atoms with Crippen molar-refractivity contribution in [2.24, 2.45) is 4.99 Å². The van der Waals surface area contributed by atoms with E-state index < -0.39 is 0 Å². The zero-order valence-electron chi connectivity index (χ0n) is 14.8. The van der Waals surface area contributed by atoms with Crippen molar-refractivity contribution in [1.82, 2.24) is 9.80 Å². The minimum Gasteiger partial charge on any atom is -0.374 e. The van der Waals surface area contributed by atoms with Gasteiger partial charge >= 0.3 is 0 Å². The van der Waals surface area contributed by atoms with Crippen LogP contribution in [0.25, 0.3) is 0 Å². The van der Waals surface area contributed by atoms with Crippen LogP contribution < -0.4 is 0 Å². The molecule has 0 unspecified atom stereocenters. The van der Waals surface area contributed by atoms with E-state index in [1.807, 2.05) is 12.3 Å². The predicted molar refractivity (Wildman–Crippen MR) is 106 cm³/mol. The average Bonchev–Trinajstić information content (AvgIpc) is 2.83. The molecule has 132 valence electrons. The normalized spacial score (nSPS) is 16.7. The van der Waals surface area contributed by atoms with E-state index >= 15 is 0 Å². The van der Waals surface area contributed by atoms with Gasteiger partial charge in [-0.25, -0.2) is 4.99 Å². The number of para-hydroxylation sites is 1. The Morgan fingerprint density at radius 1 is 1.00 bits per heavy atom. The fraction of sp³-hybridized carbons (Fsp3) is 0.238. The highest BCUT2D eigenvalue weighted by atomic mass is 32.2. The Bertz CT molecular complexity index is 882. The second kappa shape index (κ2) is 7.38. The standard InChI is InChI=1S/C21H21N3OS/c1-16(25)10-11-23-12-14-24(15-13-23)21-17-6-2-4-8-19(17)26-20-9-5-3-7-18(20)22-21/h2-11H,12-15H2,1H3/b11-10+. The Kier molecular flexibility index (Phi) is 4.80. The maximum Gasteiger partial charge on any atom is 0.154 e. The third-order valence-electron chi connectivity index (χ3n) is 4.57. The predicted octanol–water partition coefficient (Wildman–Crippen LogP) is 3.95. The third kappa shape index (κ3) is 3.53. The van der Waals surface area contributed by atoms with E-state index in [9.17, 15) is 4.79 Å². The number of fused-ring (bicyclic) bond motifs is 2. The molecular weight excluding hydrogens is 342 g/mol. The van der Waals surface area contributed by atoms with Crippen LogP contribution in [-0.2, 0) is 4.79 Å². The Morgan fingerprint density at radius 3 is 2.46 bits per heavy atom. The highest BCUT2D eigenvalue weighted by molar-refractivity contribution is 7.99. The lowest BCUT2D eigenvalue weighted by Gasteiger charge is -2.36. The van der Waals surface area contributed by atoms with Gasteiger partial charge in [0.2, 0.25) is 0 Å². The van der Waals surface area contributed by atoms with E-state index in [-0.39, 0.29) is 5.78 Å². The van der Waals surface area contributed by atoms with Crippen molar-refractivity contribution in [3.8, 4) is 0 Å². The molecule has 0 N–H and O–H groups in total. The van der Waals surface area contributed by atoms with Crippen LogP contribution in [0.5, 0.6) is 0 Å². The highest BCUT2D eigenvalue weighted by Crippen LogP contribution is 2.40. The summed E-state index contributed by atoms with van der Waals surface area (Å²) >= 11 is 1.78. The molecule has 0 amide bonds. The lowest BCUT2D eigenvalue weighted by Crippen LogP contribution is -2.47. The fourth-order valence-corrected chi connectivity index (χ4v) is 4.22. The van der Waals surface area contributed by atoms with Crippen molar-refractivity contribution in [3.63, 3.8) is 0 Å². The van der Waals surface area contributed by atoms with Gasteiger partial charge in [-0.3, -0.25) is 4.79 Å². The Morgan fingerprint density at radius 2 is 1.69 bits per heavy atom. The van der Waals surface area contributed by atoms with Crippen LogP contribution >= 0.6 is 11.8 Å². The summed E-state index contributed by atoms with van der Waals surface area (Å²) in [6.07, 6.45) is 3.55. The number of carbonyl (C=O) groups is 1. The molecule has 0 atom stereocenters. The number of hydrogen-bond donors (Lipinski definition) is 0. The van der Waals surface area contributed by atoms with Crippen LogP contribution in [-0.4, -0.2) is 47.6 Å². The number of benzene rings is 2. The smallest absolute Gasteiger partial charge is 0.154 e. The summed E-state index contributed by atoms with van der Waals surface area (Å²) in [6, 6.07) is 16.8. The molecule has 2 aromatic carbocycles. The zero-order chi connectivity index (χ0) is 17.9. The van der Waals surface area contributed by atoms with Crippen molar-refractivity contribution in [1.29, 1.82) is 0 Å². The van der Waals surface area contributed by atoms with E-state index in [0.717, 1.165) is 37.7 Å². The second-order valence-corrected chi connectivity index (χ2v) is 7.53. The molecule has 2 aliphatic rings. The van der Waals surface area contributed by atoms with E-state index in [2.05, 4.69) is 52.3 Å². The number of ketones is 1. The number of allylic oxidation sites excluding steroid dienone is 1. The summed E-state index contributed by atoms with van der Waals surface area (Å²) in [5.41, 5.74) is 2.23. The van der Waals surface area contributed by atoms with Crippen molar-refractivity contribution < 1.29 is 4.79 Å². The molecule has 26 heavy (non-hydrogen) atoms. The quantitative estimate of drug-likeness (QED) is 0.757. The number of carbonyl (C=O) groups excluding carboxylic acids is 1. The first-order chi connectivity index (χ1) is 12.7. The van der Waals surface area contributed by atoms with Crippen LogP contribution in [0.2, 0.25) is 0 Å². The number of piperazine rings is 1. The molecule has 4 rings (SSSR count). The van der Waals surface area contributed by atoms with Gasteiger partial charge in [0.15, 0.2) is 5.78 Å². The number of hydrogen-bond acceptors (Lipinski definition) is 5. The summed E-state index contributed by atoms with van der Waals surface area (Å²) in [4.78, 5) is 23.2. The highest BCUT2D eigenvalue weighted by Gasteiger charge is 2.24. The molecule has 5 heteroatoms. The summed E-state index contributed by atoms with van der Waals surface area (Å²) in [5, 5.41) is 0. The minimum atomic E-state index is 0.0862. The molecule has 0 saturated carbocycles. The monoisotopic (exact) mass is 363 g/mol. The molecule has 2 heterocycles. The Hall–Kier alpha value is -2.53. The fourth-order valence-electron chi connectivity index (χ4n) is 3.20. The molecule has 0 aliphatic carbocycles. The summed E-state index contributed by atoms with van der Waals surface area (Å²) in [6.45, 7) is 5.14. The van der Waals surface area contributed by atoms with Crippen LogP contribution in [0, 0.1) is 0 Å². The SMILES string of the molecule is CC(=O)/C=C/N1CCN(C2=Nc3ccccc3Sc3ccccc32)CC1. The van der Waals surface area contributed by atoms with E-state index in [1.165, 1.54) is 15.4 Å². The molecule has 0 aromatic heterocycles. The van der Waals surface area contributed by atoms with Crippen LogP contribution in [0.15, 0.2) is 75.6 Å². The summed E-state index contributed by atoms with van der Waals surface area (Å²) < 4.78 is 0. The second-order valence-electron chi connectivity index (χ2n) is 6.45. The number of aliphatic imine (C=N–C) groups is 1. The number of rotatable bonds is 2. The van der Waals surface area contributed by atoms with Gasteiger partial charge in [-0.05, 0) is 31.2 Å². The van der Waals surface area contributed by atoms with Crippen molar-refractivity contribution in [2.75, 3.05) is 26.2 Å². The van der Waals surface area contributed by atoms with E-state index in [4.69, 9.17) is 4.99 Å². The van der Waals surface area contributed by atoms with Crippen molar-refractivity contribution in [3.05, 3.63) is 66.4 Å². The Balaban J connectivity index is 1.63. The van der Waals surface area contributed by atoms with Crippen molar-refractivity contribution >= 4 is 29.1 Å². The average molecular weight is 363 g/mol. The minimum absolute atomic E-state index is 0.0862. The first-order valence-electron chi connectivity index (χ1n) is 8.83. The molecular formula is C21H21N3OS. The maximum atomic E-state index is 11.1. The molecule has 4 nitrogen and oxygen atoms in total. The molecule has 0 bridgehead atoms. The molecule has 2 aliphatic heterocycles. The van der Waals surface area contributed by atoms with Gasteiger partial charge in [-0.2, -0.15) is 0 Å². The molecule has 1 saturated heterocycles. The molecule has 0 spiro atoms. The largest absolute Gasteiger partial charge is 0.374 e. The van der Waals surface area contributed by atoms with E-state index in [0.29, 0.717) is 0 Å². The lowest BCUT2D eigenvalue weighted by atomic mass is 10.1. The van der Waals surface area contributed by atoms with Gasteiger partial charge in [0.1, 0.15) is 5.84 Å². The number of nitrogens with zero attached hydrogens (tertiary/aromatic N) is 3. The number of amidine groups is 1. The van der Waals surface area contributed by atoms with Crippen molar-refractivity contribution in [2.45, 2.75) is 16.7 Å². The first kappa shape index (κ1) is 16.9. The first-order valence-corrected chi connectivity index (χ1v) is 9.65. The maximum absolute atomic E-state index is 11.1. The summed E-state index contributed by atoms with van der Waals surface area (Å²) in [5.74, 6) is 1.14. The molecule has 2 aromatic rings.